The lowest BCUT2D eigenvalue weighted by Gasteiger charge is -2.15. The van der Waals surface area contributed by atoms with E-state index in [2.05, 4.69) is 5.32 Å². The van der Waals surface area contributed by atoms with Gasteiger partial charge < -0.3 is 28.7 Å². The summed E-state index contributed by atoms with van der Waals surface area (Å²) >= 11 is 0. The normalized spacial score (nSPS) is 13.2. The first-order valence-electron chi connectivity index (χ1n) is 10.0. The summed E-state index contributed by atoms with van der Waals surface area (Å²) in [5, 5.41) is 3.58. The number of para-hydroxylation sites is 1. The second-order valence-electron chi connectivity index (χ2n) is 7.02. The van der Waals surface area contributed by atoms with Crippen molar-refractivity contribution in [3.8, 4) is 11.5 Å². The predicted octanol–water partition coefficient (Wildman–Crippen LogP) is 3.73. The lowest BCUT2D eigenvalue weighted by molar-refractivity contribution is -0.124. The Labute approximate surface area is 179 Å². The zero-order valence-electron chi connectivity index (χ0n) is 17.3. The second kappa shape index (κ2) is 9.09. The Morgan fingerprint density at radius 3 is 2.77 bits per heavy atom. The van der Waals surface area contributed by atoms with Gasteiger partial charge >= 0.3 is 5.97 Å². The van der Waals surface area contributed by atoms with Crippen LogP contribution in [0, 0.1) is 0 Å². The van der Waals surface area contributed by atoms with Crippen LogP contribution >= 0.6 is 0 Å². The number of hydrogen-bond donors (Lipinski definition) is 1. The van der Waals surface area contributed by atoms with Gasteiger partial charge in [-0.3, -0.25) is 4.79 Å². The van der Waals surface area contributed by atoms with Gasteiger partial charge in [-0.1, -0.05) is 24.3 Å². The van der Waals surface area contributed by atoms with E-state index in [1.807, 2.05) is 44.2 Å². The van der Waals surface area contributed by atoms with Crippen molar-refractivity contribution in [1.82, 2.24) is 5.32 Å². The van der Waals surface area contributed by atoms with Gasteiger partial charge in [-0.25, -0.2) is 4.79 Å². The fourth-order valence-corrected chi connectivity index (χ4v) is 3.36. The molecule has 1 N–H and O–H groups in total. The lowest BCUT2D eigenvalue weighted by atomic mass is 10.1. The van der Waals surface area contributed by atoms with Crippen molar-refractivity contribution in [3.63, 3.8) is 0 Å². The Morgan fingerprint density at radius 2 is 1.94 bits per heavy atom. The smallest absolute Gasteiger partial charge is 0.375 e. The van der Waals surface area contributed by atoms with Crippen LogP contribution in [0.4, 0.5) is 0 Å². The predicted molar refractivity (Wildman–Crippen MR) is 111 cm³/mol. The molecule has 0 saturated heterocycles. The number of benzene rings is 2. The molecule has 2 aromatic carbocycles. The van der Waals surface area contributed by atoms with Crippen LogP contribution in [0.25, 0.3) is 11.0 Å². The first kappa shape index (κ1) is 20.7. The topological polar surface area (TPSA) is 96.2 Å². The molecule has 31 heavy (non-hydrogen) atoms. The highest BCUT2D eigenvalue weighted by atomic mass is 16.7. The molecule has 1 aliphatic rings. The summed E-state index contributed by atoms with van der Waals surface area (Å²) in [6.07, 6.45) is 0. The number of esters is 1. The molecule has 0 unspecified atom stereocenters. The third kappa shape index (κ3) is 4.49. The Morgan fingerprint density at radius 1 is 1.13 bits per heavy atom. The summed E-state index contributed by atoms with van der Waals surface area (Å²) in [4.78, 5) is 24.9. The van der Waals surface area contributed by atoms with Gasteiger partial charge in [0.2, 0.25) is 12.6 Å². The molecule has 0 aliphatic carbocycles. The standard InChI is InChI=1S/C23H23NO7/c1-3-27-11-17-16-6-4-5-7-18(16)31-22(17)23(26)28-12-21(25)24-14(2)15-8-9-19-20(10-15)30-13-29-19/h4-10,14H,3,11-13H2,1-2H3,(H,24,25)/t14-/m1/s1. The molecule has 2 heterocycles. The number of hydrogen-bond acceptors (Lipinski definition) is 7. The van der Waals surface area contributed by atoms with Crippen molar-refractivity contribution < 1.29 is 33.0 Å². The first-order valence-corrected chi connectivity index (χ1v) is 10.0. The molecule has 1 aromatic heterocycles. The summed E-state index contributed by atoms with van der Waals surface area (Å²) in [5.41, 5.74) is 2.02. The highest BCUT2D eigenvalue weighted by Crippen LogP contribution is 2.34. The van der Waals surface area contributed by atoms with E-state index in [1.165, 1.54) is 0 Å². The van der Waals surface area contributed by atoms with Crippen molar-refractivity contribution in [2.24, 2.45) is 0 Å². The van der Waals surface area contributed by atoms with Gasteiger partial charge in [-0.05, 0) is 37.6 Å². The molecule has 4 rings (SSSR count). The summed E-state index contributed by atoms with van der Waals surface area (Å²) in [7, 11) is 0. The Hall–Kier alpha value is -3.52. The average molecular weight is 425 g/mol. The van der Waals surface area contributed by atoms with Gasteiger partial charge in [0.15, 0.2) is 18.1 Å². The number of carbonyl (C=O) groups excluding carboxylic acids is 2. The zero-order valence-corrected chi connectivity index (χ0v) is 17.3. The van der Waals surface area contributed by atoms with Crippen molar-refractivity contribution in [3.05, 3.63) is 59.4 Å². The van der Waals surface area contributed by atoms with Crippen LogP contribution < -0.4 is 14.8 Å². The molecule has 0 saturated carbocycles. The molecule has 162 valence electrons. The molecule has 3 aromatic rings. The molecule has 0 bridgehead atoms. The molecule has 0 radical (unpaired) electrons. The maximum Gasteiger partial charge on any atom is 0.375 e. The Kier molecular flexibility index (Phi) is 6.08. The minimum absolute atomic E-state index is 0.0475. The summed E-state index contributed by atoms with van der Waals surface area (Å²) in [6, 6.07) is 12.4. The molecule has 1 amide bonds. The highest BCUT2D eigenvalue weighted by molar-refractivity contribution is 5.96. The number of rotatable bonds is 8. The van der Waals surface area contributed by atoms with Gasteiger partial charge in [-0.2, -0.15) is 0 Å². The van der Waals surface area contributed by atoms with Gasteiger partial charge in [0.1, 0.15) is 5.58 Å². The van der Waals surface area contributed by atoms with Crippen LogP contribution in [0.15, 0.2) is 46.9 Å². The maximum atomic E-state index is 12.6. The number of nitrogens with one attached hydrogen (secondary N) is 1. The highest BCUT2D eigenvalue weighted by Gasteiger charge is 2.23. The minimum atomic E-state index is -0.711. The van der Waals surface area contributed by atoms with Crippen molar-refractivity contribution in [2.45, 2.75) is 26.5 Å². The van der Waals surface area contributed by atoms with E-state index in [0.29, 0.717) is 29.3 Å². The molecule has 8 nitrogen and oxygen atoms in total. The number of carbonyl (C=O) groups is 2. The zero-order chi connectivity index (χ0) is 21.8. The van der Waals surface area contributed by atoms with Crippen molar-refractivity contribution in [2.75, 3.05) is 20.0 Å². The molecule has 1 aliphatic heterocycles. The van der Waals surface area contributed by atoms with Gasteiger partial charge in [-0.15, -0.1) is 0 Å². The van der Waals surface area contributed by atoms with E-state index in [0.717, 1.165) is 10.9 Å². The van der Waals surface area contributed by atoms with Crippen LogP contribution in [0.1, 0.15) is 41.6 Å². The molecule has 8 heteroatoms. The SMILES string of the molecule is CCOCc1c(C(=O)OCC(=O)N[C@H](C)c2ccc3c(c2)OCO3)oc2ccccc12. The fourth-order valence-electron chi connectivity index (χ4n) is 3.36. The molecular formula is C23H23NO7. The van der Waals surface area contributed by atoms with Crippen molar-refractivity contribution >= 4 is 22.8 Å². The van der Waals surface area contributed by atoms with E-state index >= 15 is 0 Å². The van der Waals surface area contributed by atoms with Gasteiger partial charge in [0.05, 0.1) is 12.6 Å². The monoisotopic (exact) mass is 425 g/mol. The van der Waals surface area contributed by atoms with E-state index in [1.54, 1.807) is 12.1 Å². The molecular weight excluding hydrogens is 402 g/mol. The summed E-state index contributed by atoms with van der Waals surface area (Å²) in [5.74, 6) is 0.214. The summed E-state index contributed by atoms with van der Waals surface area (Å²) in [6.45, 7) is 4.16. The van der Waals surface area contributed by atoms with Crippen LogP contribution in [0.2, 0.25) is 0 Å². The van der Waals surface area contributed by atoms with Crippen LogP contribution in [-0.4, -0.2) is 31.9 Å². The van der Waals surface area contributed by atoms with E-state index in [4.69, 9.17) is 23.4 Å². The number of furan rings is 1. The quantitative estimate of drug-likeness (QED) is 0.549. The Balaban J connectivity index is 1.38. The lowest BCUT2D eigenvalue weighted by Crippen LogP contribution is -2.31. The number of ether oxygens (including phenoxy) is 4. The number of amides is 1. The molecule has 0 fully saturated rings. The maximum absolute atomic E-state index is 12.6. The Bertz CT molecular complexity index is 1100. The van der Waals surface area contributed by atoms with Crippen LogP contribution in [0.3, 0.4) is 0 Å². The van der Waals surface area contributed by atoms with Crippen LogP contribution in [0.5, 0.6) is 11.5 Å². The van der Waals surface area contributed by atoms with E-state index < -0.39 is 18.5 Å². The minimum Gasteiger partial charge on any atom is -0.454 e. The average Bonchev–Trinajstić information content (AvgIpc) is 3.40. The first-order chi connectivity index (χ1) is 15.1. The molecule has 1 atom stereocenters. The fraction of sp³-hybridized carbons (Fsp3) is 0.304. The second-order valence-corrected chi connectivity index (χ2v) is 7.02. The van der Waals surface area contributed by atoms with E-state index in [-0.39, 0.29) is 25.2 Å². The van der Waals surface area contributed by atoms with Crippen LogP contribution in [-0.2, 0) is 20.9 Å². The third-order valence-electron chi connectivity index (χ3n) is 4.94. The summed E-state index contributed by atoms with van der Waals surface area (Å²) < 4.78 is 27.0. The van der Waals surface area contributed by atoms with E-state index in [9.17, 15) is 9.59 Å². The van der Waals surface area contributed by atoms with Gasteiger partial charge in [0, 0.05) is 17.6 Å². The largest absolute Gasteiger partial charge is 0.454 e. The third-order valence-corrected chi connectivity index (χ3v) is 4.94. The molecule has 0 spiro atoms. The number of fused-ring (bicyclic) bond motifs is 2. The van der Waals surface area contributed by atoms with Gasteiger partial charge in [0.25, 0.3) is 5.91 Å². The van der Waals surface area contributed by atoms with Crippen molar-refractivity contribution in [1.29, 1.82) is 0 Å².